The summed E-state index contributed by atoms with van der Waals surface area (Å²) in [6.45, 7) is 2.74. The highest BCUT2D eigenvalue weighted by Gasteiger charge is 2.35. The minimum atomic E-state index is -1.01. The Morgan fingerprint density at radius 2 is 1.75 bits per heavy atom. The molecule has 0 bridgehead atoms. The molecule has 0 aliphatic carbocycles. The van der Waals surface area contributed by atoms with Crippen LogP contribution in [0.4, 0.5) is 0 Å². The van der Waals surface area contributed by atoms with Crippen LogP contribution in [0.15, 0.2) is 18.2 Å². The number of imide groups is 1. The highest BCUT2D eigenvalue weighted by Crippen LogP contribution is 2.24. The maximum absolute atomic E-state index is 12.5. The maximum atomic E-state index is 12.5. The molecule has 0 radical (unpaired) electrons. The standard InChI is InChI=1S/C19H24N2O7/c1-12(16(22)20-7-10-27-3)28-19(25)13-5-6-14-15(11-13)18(24)21(17(14)23)8-4-9-26-2/h5-6,11-12H,4,7-10H2,1-3H3,(H,20,22)/t12-/m0/s1. The van der Waals surface area contributed by atoms with E-state index < -0.39 is 29.8 Å². The first-order chi connectivity index (χ1) is 13.4. The summed E-state index contributed by atoms with van der Waals surface area (Å²) in [5.41, 5.74) is 0.480. The van der Waals surface area contributed by atoms with Gasteiger partial charge in [-0.1, -0.05) is 0 Å². The van der Waals surface area contributed by atoms with Crippen LogP contribution < -0.4 is 5.32 Å². The molecular weight excluding hydrogens is 368 g/mol. The van der Waals surface area contributed by atoms with E-state index in [-0.39, 0.29) is 23.2 Å². The van der Waals surface area contributed by atoms with Crippen molar-refractivity contribution in [2.75, 3.05) is 40.5 Å². The molecule has 1 aromatic carbocycles. The molecule has 2 rings (SSSR count). The van der Waals surface area contributed by atoms with Crippen molar-refractivity contribution >= 4 is 23.7 Å². The molecule has 0 unspecified atom stereocenters. The Hall–Kier alpha value is -2.78. The van der Waals surface area contributed by atoms with Gasteiger partial charge in [-0.15, -0.1) is 0 Å². The van der Waals surface area contributed by atoms with E-state index in [1.165, 1.54) is 32.2 Å². The summed E-state index contributed by atoms with van der Waals surface area (Å²) >= 11 is 0. The Kier molecular flexibility index (Phi) is 7.65. The summed E-state index contributed by atoms with van der Waals surface area (Å²) in [4.78, 5) is 50.2. The fourth-order valence-electron chi connectivity index (χ4n) is 2.69. The Morgan fingerprint density at radius 3 is 2.43 bits per heavy atom. The predicted octanol–water partition coefficient (Wildman–Crippen LogP) is 0.627. The zero-order valence-electron chi connectivity index (χ0n) is 16.1. The van der Waals surface area contributed by atoms with Crippen molar-refractivity contribution in [2.45, 2.75) is 19.4 Å². The number of ether oxygens (including phenoxy) is 3. The average molecular weight is 392 g/mol. The molecule has 1 heterocycles. The summed E-state index contributed by atoms with van der Waals surface area (Å²) in [6.07, 6.45) is -0.493. The lowest BCUT2D eigenvalue weighted by atomic mass is 10.1. The second kappa shape index (κ2) is 9.95. The second-order valence-electron chi connectivity index (χ2n) is 6.20. The number of hydrogen-bond donors (Lipinski definition) is 1. The second-order valence-corrected chi connectivity index (χ2v) is 6.20. The predicted molar refractivity (Wildman–Crippen MR) is 98.1 cm³/mol. The van der Waals surface area contributed by atoms with Crippen molar-refractivity contribution in [1.82, 2.24) is 10.2 Å². The molecule has 0 saturated carbocycles. The van der Waals surface area contributed by atoms with E-state index in [4.69, 9.17) is 14.2 Å². The van der Waals surface area contributed by atoms with Crippen LogP contribution in [0.2, 0.25) is 0 Å². The summed E-state index contributed by atoms with van der Waals surface area (Å²) in [5.74, 6) is -2.07. The number of amides is 3. The van der Waals surface area contributed by atoms with Gasteiger partial charge in [-0.2, -0.15) is 0 Å². The van der Waals surface area contributed by atoms with Gasteiger partial charge in [-0.3, -0.25) is 19.3 Å². The number of carbonyl (C=O) groups excluding carboxylic acids is 4. The fourth-order valence-corrected chi connectivity index (χ4v) is 2.69. The van der Waals surface area contributed by atoms with Crippen LogP contribution in [0.1, 0.15) is 44.4 Å². The van der Waals surface area contributed by atoms with E-state index >= 15 is 0 Å². The molecule has 9 nitrogen and oxygen atoms in total. The summed E-state index contributed by atoms with van der Waals surface area (Å²) in [7, 11) is 3.05. The smallest absolute Gasteiger partial charge is 0.338 e. The van der Waals surface area contributed by atoms with Crippen molar-refractivity contribution in [3.05, 3.63) is 34.9 Å². The summed E-state index contributed by atoms with van der Waals surface area (Å²) in [6, 6.07) is 4.15. The molecule has 1 aliphatic heterocycles. The van der Waals surface area contributed by atoms with Gasteiger partial charge in [0.25, 0.3) is 17.7 Å². The lowest BCUT2D eigenvalue weighted by molar-refractivity contribution is -0.129. The molecule has 1 N–H and O–H groups in total. The van der Waals surface area contributed by atoms with Crippen LogP contribution in [0.3, 0.4) is 0 Å². The van der Waals surface area contributed by atoms with Gasteiger partial charge in [0.1, 0.15) is 0 Å². The molecule has 28 heavy (non-hydrogen) atoms. The quantitative estimate of drug-likeness (QED) is 0.353. The number of nitrogens with zero attached hydrogens (tertiary/aromatic N) is 1. The SMILES string of the molecule is COCCCN1C(=O)c2ccc(C(=O)O[C@@H](C)C(=O)NCCOC)cc2C1=O. The van der Waals surface area contributed by atoms with E-state index in [9.17, 15) is 19.2 Å². The van der Waals surface area contributed by atoms with E-state index in [2.05, 4.69) is 5.32 Å². The van der Waals surface area contributed by atoms with Gasteiger partial charge in [0, 0.05) is 33.9 Å². The molecule has 1 aliphatic rings. The van der Waals surface area contributed by atoms with Crippen LogP contribution in [-0.2, 0) is 19.0 Å². The molecule has 9 heteroatoms. The van der Waals surface area contributed by atoms with E-state index in [0.29, 0.717) is 26.2 Å². The normalized spacial score (nSPS) is 14.0. The Balaban J connectivity index is 2.04. The largest absolute Gasteiger partial charge is 0.449 e. The third kappa shape index (κ3) is 4.93. The van der Waals surface area contributed by atoms with Gasteiger partial charge in [-0.25, -0.2) is 4.79 Å². The topological polar surface area (TPSA) is 111 Å². The molecule has 0 fully saturated rings. The summed E-state index contributed by atoms with van der Waals surface area (Å²) < 4.78 is 14.9. The lowest BCUT2D eigenvalue weighted by Crippen LogP contribution is -2.37. The first kappa shape index (κ1) is 21.5. The van der Waals surface area contributed by atoms with Gasteiger partial charge in [0.2, 0.25) is 0 Å². The number of benzene rings is 1. The molecule has 0 saturated heterocycles. The van der Waals surface area contributed by atoms with E-state index in [0.717, 1.165) is 4.90 Å². The Morgan fingerprint density at radius 1 is 1.07 bits per heavy atom. The van der Waals surface area contributed by atoms with Crippen LogP contribution in [-0.4, -0.2) is 75.2 Å². The first-order valence-corrected chi connectivity index (χ1v) is 8.87. The average Bonchev–Trinajstić information content (AvgIpc) is 2.92. The molecule has 0 aromatic heterocycles. The molecular formula is C19H24N2O7. The van der Waals surface area contributed by atoms with Gasteiger partial charge >= 0.3 is 5.97 Å². The summed E-state index contributed by atoms with van der Waals surface area (Å²) in [5, 5.41) is 2.57. The molecule has 3 amide bonds. The lowest BCUT2D eigenvalue weighted by Gasteiger charge is -2.13. The van der Waals surface area contributed by atoms with Crippen molar-refractivity contribution in [2.24, 2.45) is 0 Å². The van der Waals surface area contributed by atoms with Crippen molar-refractivity contribution < 1.29 is 33.4 Å². The molecule has 152 valence electrons. The number of fused-ring (bicyclic) bond motifs is 1. The van der Waals surface area contributed by atoms with Gasteiger partial charge < -0.3 is 19.5 Å². The molecule has 1 aromatic rings. The third-order valence-corrected chi connectivity index (χ3v) is 4.20. The zero-order chi connectivity index (χ0) is 20.7. The molecule has 1 atom stereocenters. The minimum Gasteiger partial charge on any atom is -0.449 e. The van der Waals surface area contributed by atoms with E-state index in [1.807, 2.05) is 0 Å². The van der Waals surface area contributed by atoms with Crippen molar-refractivity contribution in [3.63, 3.8) is 0 Å². The third-order valence-electron chi connectivity index (χ3n) is 4.20. The van der Waals surface area contributed by atoms with Gasteiger partial charge in [0.05, 0.1) is 23.3 Å². The fraction of sp³-hybridized carbons (Fsp3) is 0.474. The highest BCUT2D eigenvalue weighted by molar-refractivity contribution is 6.22. The van der Waals surface area contributed by atoms with Crippen molar-refractivity contribution in [3.8, 4) is 0 Å². The van der Waals surface area contributed by atoms with Gasteiger partial charge in [-0.05, 0) is 31.5 Å². The number of esters is 1. The van der Waals surface area contributed by atoms with E-state index in [1.54, 1.807) is 7.11 Å². The molecule has 0 spiro atoms. The Labute approximate surface area is 162 Å². The monoisotopic (exact) mass is 392 g/mol. The van der Waals surface area contributed by atoms with Crippen LogP contribution in [0.5, 0.6) is 0 Å². The number of hydrogen-bond acceptors (Lipinski definition) is 7. The maximum Gasteiger partial charge on any atom is 0.338 e. The van der Waals surface area contributed by atoms with Crippen LogP contribution in [0.25, 0.3) is 0 Å². The number of rotatable bonds is 10. The number of methoxy groups -OCH3 is 2. The number of nitrogens with one attached hydrogen (secondary N) is 1. The van der Waals surface area contributed by atoms with Crippen molar-refractivity contribution in [1.29, 1.82) is 0 Å². The zero-order valence-corrected chi connectivity index (χ0v) is 16.1. The first-order valence-electron chi connectivity index (χ1n) is 8.87. The van der Waals surface area contributed by atoms with Gasteiger partial charge in [0.15, 0.2) is 6.10 Å². The Bertz CT molecular complexity index is 763. The minimum absolute atomic E-state index is 0.0928. The van der Waals surface area contributed by atoms with Crippen LogP contribution >= 0.6 is 0 Å². The highest BCUT2D eigenvalue weighted by atomic mass is 16.5. The van der Waals surface area contributed by atoms with Crippen LogP contribution in [0, 0.1) is 0 Å². The number of carbonyl (C=O) groups is 4.